The van der Waals surface area contributed by atoms with Crippen LogP contribution in [-0.4, -0.2) is 13.1 Å². The van der Waals surface area contributed by atoms with Crippen molar-refractivity contribution >= 4 is 21.9 Å². The Morgan fingerprint density at radius 2 is 2.42 bits per heavy atom. The van der Waals surface area contributed by atoms with Crippen molar-refractivity contribution in [1.82, 2.24) is 0 Å². The smallest absolute Gasteiger partial charge is 0.309 e. The largest absolute Gasteiger partial charge is 0.469 e. The number of methoxy groups -OCH3 is 1. The minimum absolute atomic E-state index is 0.163. The third-order valence-corrected chi connectivity index (χ3v) is 2.34. The fourth-order valence-corrected chi connectivity index (χ4v) is 1.65. The highest BCUT2D eigenvalue weighted by Gasteiger charge is 2.09. The Balaban J connectivity index is 2.44. The van der Waals surface area contributed by atoms with Gasteiger partial charge in [0.2, 0.25) is 0 Å². The van der Waals surface area contributed by atoms with E-state index in [2.05, 4.69) is 32.8 Å². The van der Waals surface area contributed by atoms with E-state index < -0.39 is 0 Å². The summed E-state index contributed by atoms with van der Waals surface area (Å²) in [6.07, 6.45) is 6.34. The van der Waals surface area contributed by atoms with Gasteiger partial charge in [0.1, 0.15) is 0 Å². The molecule has 12 heavy (non-hydrogen) atoms. The van der Waals surface area contributed by atoms with E-state index in [9.17, 15) is 4.79 Å². The van der Waals surface area contributed by atoms with Gasteiger partial charge in [0.15, 0.2) is 0 Å². The Hall–Kier alpha value is -0.570. The highest BCUT2D eigenvalue weighted by Crippen LogP contribution is 2.24. The quantitative estimate of drug-likeness (QED) is 0.539. The fourth-order valence-electron chi connectivity index (χ4n) is 1.11. The molecular formula is C9H11BrO2. The van der Waals surface area contributed by atoms with Crippen molar-refractivity contribution in [1.29, 1.82) is 0 Å². The Morgan fingerprint density at radius 1 is 1.67 bits per heavy atom. The van der Waals surface area contributed by atoms with Crippen molar-refractivity contribution in [2.45, 2.75) is 19.3 Å². The molecule has 1 rings (SSSR count). The van der Waals surface area contributed by atoms with Gasteiger partial charge in [-0.05, 0) is 10.9 Å². The summed E-state index contributed by atoms with van der Waals surface area (Å²) in [5.74, 6) is -0.163. The van der Waals surface area contributed by atoms with Crippen LogP contribution in [0.25, 0.3) is 0 Å². The summed E-state index contributed by atoms with van der Waals surface area (Å²) < 4.78 is 5.73. The lowest BCUT2D eigenvalue weighted by molar-refractivity contribution is -0.139. The molecule has 0 aliphatic heterocycles. The van der Waals surface area contributed by atoms with Crippen LogP contribution in [0.3, 0.4) is 0 Å². The number of allylic oxidation sites excluding steroid dienone is 3. The molecule has 0 N–H and O–H groups in total. The third-order valence-electron chi connectivity index (χ3n) is 1.74. The van der Waals surface area contributed by atoms with Gasteiger partial charge in [0.25, 0.3) is 0 Å². The minimum atomic E-state index is -0.163. The first kappa shape index (κ1) is 9.52. The highest BCUT2D eigenvalue weighted by molar-refractivity contribution is 9.11. The van der Waals surface area contributed by atoms with Gasteiger partial charge in [-0.1, -0.05) is 33.7 Å². The maximum absolute atomic E-state index is 10.9. The van der Waals surface area contributed by atoms with Crippen molar-refractivity contribution in [3.8, 4) is 0 Å². The molecule has 0 aromatic carbocycles. The number of carbonyl (C=O) groups is 1. The van der Waals surface area contributed by atoms with E-state index in [0.29, 0.717) is 6.42 Å². The lowest BCUT2D eigenvalue weighted by atomic mass is 10.0. The Labute approximate surface area is 80.4 Å². The van der Waals surface area contributed by atoms with Crippen LogP contribution in [0.5, 0.6) is 0 Å². The zero-order valence-electron chi connectivity index (χ0n) is 6.97. The Bertz CT molecular complexity index is 241. The molecule has 0 bridgehead atoms. The van der Waals surface area contributed by atoms with E-state index >= 15 is 0 Å². The summed E-state index contributed by atoms with van der Waals surface area (Å²) in [7, 11) is 1.41. The number of halogens is 1. The van der Waals surface area contributed by atoms with Gasteiger partial charge in [-0.15, -0.1) is 0 Å². The molecule has 0 radical (unpaired) electrons. The SMILES string of the molecule is COC(=O)CC1=CCC=C(Br)C1. The van der Waals surface area contributed by atoms with Crippen LogP contribution in [-0.2, 0) is 9.53 Å². The first-order valence-corrected chi connectivity index (χ1v) is 4.61. The lowest BCUT2D eigenvalue weighted by Crippen LogP contribution is -2.03. The molecule has 0 aromatic heterocycles. The van der Waals surface area contributed by atoms with E-state index in [1.54, 1.807) is 0 Å². The van der Waals surface area contributed by atoms with Crippen LogP contribution < -0.4 is 0 Å². The van der Waals surface area contributed by atoms with Gasteiger partial charge in [-0.3, -0.25) is 4.79 Å². The summed E-state index contributed by atoms with van der Waals surface area (Å²) in [4.78, 5) is 10.9. The van der Waals surface area contributed by atoms with E-state index in [-0.39, 0.29) is 5.97 Å². The number of hydrogen-bond acceptors (Lipinski definition) is 2. The number of hydrogen-bond donors (Lipinski definition) is 0. The molecule has 66 valence electrons. The average molecular weight is 231 g/mol. The predicted octanol–water partition coefficient (Wildman–Crippen LogP) is 2.55. The first-order valence-electron chi connectivity index (χ1n) is 3.81. The summed E-state index contributed by atoms with van der Waals surface area (Å²) in [6.45, 7) is 0. The number of ether oxygens (including phenoxy) is 1. The topological polar surface area (TPSA) is 26.3 Å². The van der Waals surface area contributed by atoms with Crippen molar-refractivity contribution in [3.63, 3.8) is 0 Å². The van der Waals surface area contributed by atoms with Gasteiger partial charge in [-0.2, -0.15) is 0 Å². The van der Waals surface area contributed by atoms with Gasteiger partial charge in [0.05, 0.1) is 13.5 Å². The summed E-state index contributed by atoms with van der Waals surface area (Å²) in [6, 6.07) is 0. The molecule has 1 aliphatic rings. The second-order valence-corrected chi connectivity index (χ2v) is 3.70. The number of esters is 1. The van der Waals surface area contributed by atoms with Gasteiger partial charge in [-0.25, -0.2) is 0 Å². The summed E-state index contributed by atoms with van der Waals surface area (Å²) in [5, 5.41) is 0. The van der Waals surface area contributed by atoms with Crippen molar-refractivity contribution in [2.75, 3.05) is 7.11 Å². The molecule has 2 nitrogen and oxygen atoms in total. The zero-order chi connectivity index (χ0) is 8.97. The van der Waals surface area contributed by atoms with Crippen LogP contribution in [0.1, 0.15) is 19.3 Å². The van der Waals surface area contributed by atoms with Crippen LogP contribution in [0.4, 0.5) is 0 Å². The maximum atomic E-state index is 10.9. The van der Waals surface area contributed by atoms with Crippen LogP contribution in [0.2, 0.25) is 0 Å². The van der Waals surface area contributed by atoms with Crippen LogP contribution in [0, 0.1) is 0 Å². The first-order chi connectivity index (χ1) is 5.72. The van der Waals surface area contributed by atoms with Gasteiger partial charge >= 0.3 is 5.97 Å². The molecule has 0 fully saturated rings. The molecule has 3 heteroatoms. The molecule has 0 unspecified atom stereocenters. The summed E-state index contributed by atoms with van der Waals surface area (Å²) in [5.41, 5.74) is 1.14. The normalized spacial score (nSPS) is 16.5. The monoisotopic (exact) mass is 230 g/mol. The molecule has 0 atom stereocenters. The predicted molar refractivity (Wildman–Crippen MR) is 51.0 cm³/mol. The van der Waals surface area contributed by atoms with E-state index in [1.165, 1.54) is 7.11 Å². The third kappa shape index (κ3) is 2.81. The van der Waals surface area contributed by atoms with Crippen molar-refractivity contribution in [3.05, 3.63) is 22.2 Å². The van der Waals surface area contributed by atoms with E-state index in [0.717, 1.165) is 22.9 Å². The molecule has 0 heterocycles. The standard InChI is InChI=1S/C9H11BrO2/c1-12-9(11)6-7-3-2-4-8(10)5-7/h3-4H,2,5-6H2,1H3. The van der Waals surface area contributed by atoms with Crippen molar-refractivity contribution in [2.24, 2.45) is 0 Å². The Kier molecular flexibility index (Phi) is 3.53. The zero-order valence-corrected chi connectivity index (χ0v) is 8.56. The van der Waals surface area contributed by atoms with E-state index in [1.807, 2.05) is 0 Å². The summed E-state index contributed by atoms with van der Waals surface area (Å²) >= 11 is 3.41. The molecular weight excluding hydrogens is 220 g/mol. The van der Waals surface area contributed by atoms with Gasteiger partial charge in [0, 0.05) is 6.42 Å². The molecule has 0 saturated heterocycles. The fraction of sp³-hybridized carbons (Fsp3) is 0.444. The molecule has 0 saturated carbocycles. The average Bonchev–Trinajstić information content (AvgIpc) is 2.04. The number of rotatable bonds is 2. The minimum Gasteiger partial charge on any atom is -0.469 e. The number of carbonyl (C=O) groups excluding carboxylic acids is 1. The van der Waals surface area contributed by atoms with Gasteiger partial charge < -0.3 is 4.74 Å². The molecule has 0 amide bonds. The Morgan fingerprint density at radius 3 is 3.00 bits per heavy atom. The molecule has 0 aromatic rings. The molecule has 1 aliphatic carbocycles. The van der Waals surface area contributed by atoms with Crippen LogP contribution in [0.15, 0.2) is 22.2 Å². The van der Waals surface area contributed by atoms with E-state index in [4.69, 9.17) is 0 Å². The van der Waals surface area contributed by atoms with Crippen LogP contribution >= 0.6 is 15.9 Å². The highest BCUT2D eigenvalue weighted by atomic mass is 79.9. The lowest BCUT2D eigenvalue weighted by Gasteiger charge is -2.09. The second-order valence-electron chi connectivity index (χ2n) is 2.68. The second kappa shape index (κ2) is 4.45. The molecule has 0 spiro atoms. The van der Waals surface area contributed by atoms with Crippen molar-refractivity contribution < 1.29 is 9.53 Å². The maximum Gasteiger partial charge on any atom is 0.309 e.